The van der Waals surface area contributed by atoms with Crippen molar-refractivity contribution in [1.29, 1.82) is 0 Å². The predicted octanol–water partition coefficient (Wildman–Crippen LogP) is 6.19. The molecule has 3 aromatic heterocycles. The lowest BCUT2D eigenvalue weighted by Crippen LogP contribution is -2.47. The van der Waals surface area contributed by atoms with Gasteiger partial charge in [0.2, 0.25) is 5.88 Å². The molecule has 6 nitrogen and oxygen atoms in total. The molecule has 0 saturated heterocycles. The number of anilines is 1. The number of aromatic nitrogens is 4. The number of pyridine rings is 1. The molecule has 2 bridgehead atoms. The van der Waals surface area contributed by atoms with Crippen molar-refractivity contribution in [1.82, 2.24) is 19.9 Å². The van der Waals surface area contributed by atoms with E-state index >= 15 is 0 Å². The highest BCUT2D eigenvalue weighted by molar-refractivity contribution is 5.91. The Kier molecular flexibility index (Phi) is 4.97. The van der Waals surface area contributed by atoms with Gasteiger partial charge in [-0.2, -0.15) is 4.98 Å². The van der Waals surface area contributed by atoms with Crippen LogP contribution in [0.15, 0.2) is 54.9 Å². The van der Waals surface area contributed by atoms with Gasteiger partial charge < -0.3 is 15.0 Å². The van der Waals surface area contributed by atoms with E-state index in [-0.39, 0.29) is 0 Å². The molecule has 2 atom stereocenters. The molecule has 2 N–H and O–H groups in total. The van der Waals surface area contributed by atoms with Crippen LogP contribution in [0.1, 0.15) is 32.6 Å². The number of hydrogen-bond acceptors (Lipinski definition) is 5. The summed E-state index contributed by atoms with van der Waals surface area (Å²) in [5.74, 6) is 3.98. The average molecular weight is 444 g/mol. The highest BCUT2D eigenvalue weighted by atomic mass is 19.1. The number of halogens is 1. The van der Waals surface area contributed by atoms with Gasteiger partial charge in [-0.15, -0.1) is 0 Å². The van der Waals surface area contributed by atoms with Crippen LogP contribution >= 0.6 is 0 Å². The zero-order valence-corrected chi connectivity index (χ0v) is 18.5. The summed E-state index contributed by atoms with van der Waals surface area (Å²) < 4.78 is 20.0. The summed E-state index contributed by atoms with van der Waals surface area (Å²) in [6.07, 6.45) is 8.17. The van der Waals surface area contributed by atoms with Crippen LogP contribution in [0, 0.1) is 23.6 Å². The second-order valence-corrected chi connectivity index (χ2v) is 9.29. The van der Waals surface area contributed by atoms with E-state index in [0.717, 1.165) is 11.7 Å². The molecular formula is C26H26FN5O. The first kappa shape index (κ1) is 20.1. The van der Waals surface area contributed by atoms with Gasteiger partial charge in [0.15, 0.2) is 5.82 Å². The van der Waals surface area contributed by atoms with Gasteiger partial charge in [0.25, 0.3) is 0 Å². The summed E-state index contributed by atoms with van der Waals surface area (Å²) in [5, 5.41) is 4.36. The van der Waals surface area contributed by atoms with Crippen LogP contribution < -0.4 is 10.1 Å². The van der Waals surface area contributed by atoms with Crippen LogP contribution in [0.4, 0.5) is 10.2 Å². The fraction of sp³-hybridized carbons (Fsp3) is 0.346. The molecule has 33 heavy (non-hydrogen) atoms. The molecule has 3 fully saturated rings. The van der Waals surface area contributed by atoms with Gasteiger partial charge in [0.1, 0.15) is 23.0 Å². The number of para-hydroxylation sites is 1. The summed E-state index contributed by atoms with van der Waals surface area (Å²) in [7, 11) is 0. The van der Waals surface area contributed by atoms with E-state index < -0.39 is 5.82 Å². The number of ether oxygens (including phenoxy) is 1. The van der Waals surface area contributed by atoms with E-state index in [1.54, 1.807) is 6.20 Å². The zero-order chi connectivity index (χ0) is 22.4. The van der Waals surface area contributed by atoms with Gasteiger partial charge in [0, 0.05) is 29.3 Å². The molecule has 3 aliphatic rings. The molecule has 7 rings (SSSR count). The number of aromatic amines is 1. The Labute approximate surface area is 191 Å². The van der Waals surface area contributed by atoms with E-state index in [2.05, 4.69) is 27.2 Å². The van der Waals surface area contributed by atoms with Crippen LogP contribution in [0.3, 0.4) is 0 Å². The highest BCUT2D eigenvalue weighted by Gasteiger charge is 2.41. The predicted molar refractivity (Wildman–Crippen MR) is 126 cm³/mol. The van der Waals surface area contributed by atoms with Crippen molar-refractivity contribution in [2.45, 2.75) is 38.6 Å². The molecule has 0 aliphatic heterocycles. The third-order valence-electron chi connectivity index (χ3n) is 7.36. The number of rotatable bonds is 5. The summed E-state index contributed by atoms with van der Waals surface area (Å²) in [6, 6.07) is 13.3. The van der Waals surface area contributed by atoms with Gasteiger partial charge in [-0.25, -0.2) is 14.4 Å². The van der Waals surface area contributed by atoms with Gasteiger partial charge in [-0.05, 0) is 61.6 Å². The van der Waals surface area contributed by atoms with E-state index in [1.807, 2.05) is 36.4 Å². The monoisotopic (exact) mass is 443 g/mol. The van der Waals surface area contributed by atoms with Gasteiger partial charge >= 0.3 is 0 Å². The molecule has 0 amide bonds. The minimum absolute atomic E-state index is 0.381. The van der Waals surface area contributed by atoms with Crippen molar-refractivity contribution in [2.75, 3.05) is 5.32 Å². The number of H-pyrrole nitrogens is 1. The topological polar surface area (TPSA) is 75.7 Å². The van der Waals surface area contributed by atoms with Gasteiger partial charge in [0.05, 0.1) is 6.20 Å². The Bertz CT molecular complexity index is 1280. The van der Waals surface area contributed by atoms with Crippen molar-refractivity contribution in [2.24, 2.45) is 17.8 Å². The number of nitrogens with one attached hydrogen (secondary N) is 2. The standard InChI is InChI=1S/C26H26FN5O/c1-15-16-7-9-17(10-8-16)24(15)30-22-12-23(33-19-5-3-2-4-6-19)32-26(31-22)21-14-29-25-20(21)11-18(27)13-28-25/h2-6,11-17,24H,7-10H2,1H3,(H,28,29)(H,30,31,32). The number of benzene rings is 1. The van der Waals surface area contributed by atoms with E-state index in [1.165, 1.54) is 37.9 Å². The minimum Gasteiger partial charge on any atom is -0.439 e. The second kappa shape index (κ2) is 8.14. The Hall–Kier alpha value is -3.48. The average Bonchev–Trinajstić information content (AvgIpc) is 3.25. The van der Waals surface area contributed by atoms with Crippen molar-refractivity contribution >= 4 is 16.9 Å². The lowest BCUT2D eigenvalue weighted by Gasteiger charge is -2.47. The molecule has 2 unspecified atom stereocenters. The molecule has 3 aliphatic carbocycles. The van der Waals surface area contributed by atoms with Crippen LogP contribution in [0.5, 0.6) is 11.6 Å². The number of nitrogens with zero attached hydrogens (tertiary/aromatic N) is 3. The quantitative estimate of drug-likeness (QED) is 0.385. The Morgan fingerprint density at radius 1 is 1.03 bits per heavy atom. The summed E-state index contributed by atoms with van der Waals surface area (Å²) in [4.78, 5) is 16.7. The maximum atomic E-state index is 13.9. The van der Waals surface area contributed by atoms with Gasteiger partial charge in [-0.3, -0.25) is 0 Å². The van der Waals surface area contributed by atoms with Crippen LogP contribution in [-0.2, 0) is 0 Å². The highest BCUT2D eigenvalue weighted by Crippen LogP contribution is 2.46. The molecule has 0 spiro atoms. The maximum Gasteiger partial charge on any atom is 0.224 e. The first-order chi connectivity index (χ1) is 16.1. The van der Waals surface area contributed by atoms with E-state index in [0.29, 0.717) is 51.9 Å². The number of hydrogen-bond donors (Lipinski definition) is 2. The second-order valence-electron chi connectivity index (χ2n) is 9.29. The van der Waals surface area contributed by atoms with Crippen molar-refractivity contribution < 1.29 is 9.13 Å². The first-order valence-electron chi connectivity index (χ1n) is 11.7. The first-order valence-corrected chi connectivity index (χ1v) is 11.7. The van der Waals surface area contributed by atoms with Crippen molar-refractivity contribution in [3.8, 4) is 23.0 Å². The third-order valence-corrected chi connectivity index (χ3v) is 7.36. The molecule has 4 aromatic rings. The summed E-state index contributed by atoms with van der Waals surface area (Å²) in [5.41, 5.74) is 1.29. The molecular weight excluding hydrogens is 417 g/mol. The van der Waals surface area contributed by atoms with Gasteiger partial charge in [-0.1, -0.05) is 25.1 Å². The Morgan fingerprint density at radius 2 is 1.82 bits per heavy atom. The Morgan fingerprint density at radius 3 is 2.61 bits per heavy atom. The lowest BCUT2D eigenvalue weighted by atomic mass is 9.62. The zero-order valence-electron chi connectivity index (χ0n) is 18.5. The molecule has 1 aromatic carbocycles. The maximum absolute atomic E-state index is 13.9. The Balaban J connectivity index is 1.40. The van der Waals surface area contributed by atoms with Crippen molar-refractivity contribution in [3.05, 3.63) is 60.7 Å². The van der Waals surface area contributed by atoms with E-state index in [9.17, 15) is 4.39 Å². The molecule has 3 saturated carbocycles. The summed E-state index contributed by atoms with van der Waals surface area (Å²) >= 11 is 0. The molecule has 168 valence electrons. The fourth-order valence-electron chi connectivity index (χ4n) is 5.62. The molecule has 7 heteroatoms. The van der Waals surface area contributed by atoms with Crippen LogP contribution in [0.2, 0.25) is 0 Å². The van der Waals surface area contributed by atoms with Crippen LogP contribution in [0.25, 0.3) is 22.4 Å². The summed E-state index contributed by atoms with van der Waals surface area (Å²) in [6.45, 7) is 2.35. The minimum atomic E-state index is -0.398. The SMILES string of the molecule is CC1C2CCC(CC2)C1Nc1cc(Oc2ccccc2)nc(-c2c[nH]c3ncc(F)cc23)n1. The van der Waals surface area contributed by atoms with E-state index in [4.69, 9.17) is 9.72 Å². The largest absolute Gasteiger partial charge is 0.439 e. The lowest BCUT2D eigenvalue weighted by molar-refractivity contribution is 0.0928. The van der Waals surface area contributed by atoms with Crippen molar-refractivity contribution in [3.63, 3.8) is 0 Å². The van der Waals surface area contributed by atoms with Crippen LogP contribution in [-0.4, -0.2) is 26.0 Å². The third kappa shape index (κ3) is 3.81. The number of fused-ring (bicyclic) bond motifs is 4. The smallest absolute Gasteiger partial charge is 0.224 e. The molecule has 3 heterocycles. The normalized spacial score (nSPS) is 24.2. The fourth-order valence-corrected chi connectivity index (χ4v) is 5.62. The molecule has 0 radical (unpaired) electrons.